The zero-order chi connectivity index (χ0) is 26.9. The maximum atomic E-state index is 12.7. The lowest BCUT2D eigenvalue weighted by Gasteiger charge is -2.58. The van der Waals surface area contributed by atoms with Gasteiger partial charge in [-0.25, -0.2) is 0 Å². The number of esters is 1. The highest BCUT2D eigenvalue weighted by molar-refractivity contribution is 5.70. The van der Waals surface area contributed by atoms with Gasteiger partial charge in [0.25, 0.3) is 0 Å². The molecule has 210 valence electrons. The van der Waals surface area contributed by atoms with E-state index in [0.717, 1.165) is 54.8 Å². The quantitative estimate of drug-likeness (QED) is 0.240. The van der Waals surface area contributed by atoms with Crippen LogP contribution in [0, 0.1) is 46.3 Å². The van der Waals surface area contributed by atoms with Crippen molar-refractivity contribution in [2.24, 2.45) is 46.3 Å². The molecule has 0 aliphatic heterocycles. The van der Waals surface area contributed by atoms with Crippen LogP contribution in [0.5, 0.6) is 0 Å². The Bertz CT molecular complexity index is 978. The molecule has 0 unspecified atom stereocenters. The lowest BCUT2D eigenvalue weighted by molar-refractivity contribution is -0.151. The van der Waals surface area contributed by atoms with Crippen molar-refractivity contribution in [1.82, 2.24) is 0 Å². The van der Waals surface area contributed by atoms with E-state index < -0.39 is 0 Å². The number of carbonyl (C=O) groups excluding carboxylic acids is 1. The summed E-state index contributed by atoms with van der Waals surface area (Å²) in [5, 5.41) is 0. The van der Waals surface area contributed by atoms with Gasteiger partial charge in [-0.1, -0.05) is 95.9 Å². The minimum Gasteiger partial charge on any atom is -0.462 e. The molecule has 0 saturated heterocycles. The predicted molar refractivity (Wildman–Crippen MR) is 158 cm³/mol. The second kappa shape index (κ2) is 11.5. The summed E-state index contributed by atoms with van der Waals surface area (Å²) in [5.74, 6) is 5.20. The molecule has 0 aromatic heterocycles. The molecular formula is C36H54O2. The van der Waals surface area contributed by atoms with Crippen molar-refractivity contribution in [2.75, 3.05) is 0 Å². The number of ether oxygens (including phenoxy) is 1. The van der Waals surface area contributed by atoms with Gasteiger partial charge in [-0.2, -0.15) is 0 Å². The van der Waals surface area contributed by atoms with Crippen LogP contribution in [0.15, 0.2) is 42.0 Å². The molecular weight excluding hydrogens is 464 g/mol. The van der Waals surface area contributed by atoms with E-state index in [1.165, 1.54) is 63.4 Å². The van der Waals surface area contributed by atoms with Crippen molar-refractivity contribution in [3.05, 3.63) is 47.5 Å². The molecule has 0 spiro atoms. The van der Waals surface area contributed by atoms with E-state index in [0.29, 0.717) is 17.3 Å². The number of allylic oxidation sites excluding steroid dienone is 1. The molecule has 8 atom stereocenters. The molecule has 5 rings (SSSR count). The molecule has 1 aromatic rings. The zero-order valence-corrected chi connectivity index (χ0v) is 25.0. The maximum Gasteiger partial charge on any atom is 0.306 e. The molecule has 4 aliphatic carbocycles. The predicted octanol–water partition coefficient (Wildman–Crippen LogP) is 9.57. The third-order valence-corrected chi connectivity index (χ3v) is 12.0. The summed E-state index contributed by atoms with van der Waals surface area (Å²) >= 11 is 0. The van der Waals surface area contributed by atoms with Gasteiger partial charge in [-0.15, -0.1) is 0 Å². The molecule has 1 aromatic carbocycles. The van der Waals surface area contributed by atoms with E-state index in [1.54, 1.807) is 5.57 Å². The van der Waals surface area contributed by atoms with Crippen molar-refractivity contribution in [1.29, 1.82) is 0 Å². The Kier molecular flexibility index (Phi) is 8.47. The van der Waals surface area contributed by atoms with E-state index in [-0.39, 0.29) is 12.1 Å². The fraction of sp³-hybridized carbons (Fsp3) is 0.750. The van der Waals surface area contributed by atoms with Crippen LogP contribution in [0.3, 0.4) is 0 Å². The van der Waals surface area contributed by atoms with E-state index in [2.05, 4.69) is 52.8 Å². The fourth-order valence-electron chi connectivity index (χ4n) is 9.89. The van der Waals surface area contributed by atoms with Gasteiger partial charge in [0.2, 0.25) is 0 Å². The smallest absolute Gasteiger partial charge is 0.306 e. The second-order valence-corrected chi connectivity index (χ2v) is 14.6. The van der Waals surface area contributed by atoms with Crippen LogP contribution in [0.4, 0.5) is 0 Å². The third-order valence-electron chi connectivity index (χ3n) is 12.0. The molecule has 2 nitrogen and oxygen atoms in total. The highest BCUT2D eigenvalue weighted by Crippen LogP contribution is 2.67. The summed E-state index contributed by atoms with van der Waals surface area (Å²) in [4.78, 5) is 12.7. The number of fused-ring (bicyclic) bond motifs is 5. The number of hydrogen-bond acceptors (Lipinski definition) is 2. The Morgan fingerprint density at radius 2 is 1.76 bits per heavy atom. The highest BCUT2D eigenvalue weighted by atomic mass is 16.5. The molecule has 0 N–H and O–H groups in total. The molecule has 0 bridgehead atoms. The normalized spacial score (nSPS) is 37.1. The van der Waals surface area contributed by atoms with Gasteiger partial charge in [0.15, 0.2) is 0 Å². The molecule has 0 heterocycles. The van der Waals surface area contributed by atoms with Gasteiger partial charge in [0.05, 0.1) is 0 Å². The average Bonchev–Trinajstić information content (AvgIpc) is 3.25. The monoisotopic (exact) mass is 518 g/mol. The van der Waals surface area contributed by atoms with Crippen molar-refractivity contribution < 1.29 is 9.53 Å². The third kappa shape index (κ3) is 5.53. The Labute approximate surface area is 233 Å². The first kappa shape index (κ1) is 28.0. The first-order chi connectivity index (χ1) is 18.2. The Morgan fingerprint density at radius 1 is 0.974 bits per heavy atom. The number of benzene rings is 1. The van der Waals surface area contributed by atoms with E-state index in [4.69, 9.17) is 4.74 Å². The van der Waals surface area contributed by atoms with Gasteiger partial charge in [-0.05, 0) is 103 Å². The number of hydrogen-bond donors (Lipinski definition) is 0. The van der Waals surface area contributed by atoms with Crippen LogP contribution in [0.25, 0.3) is 0 Å². The minimum absolute atomic E-state index is 0.0234. The van der Waals surface area contributed by atoms with Gasteiger partial charge in [0.1, 0.15) is 6.10 Å². The summed E-state index contributed by atoms with van der Waals surface area (Å²) < 4.78 is 6.04. The van der Waals surface area contributed by atoms with Gasteiger partial charge >= 0.3 is 5.97 Å². The molecule has 3 saturated carbocycles. The molecule has 0 radical (unpaired) electrons. The molecule has 4 aliphatic rings. The number of aryl methyl sites for hydroxylation is 1. The Balaban J connectivity index is 1.19. The lowest BCUT2D eigenvalue weighted by atomic mass is 9.47. The van der Waals surface area contributed by atoms with Crippen LogP contribution in [-0.2, 0) is 16.0 Å². The summed E-state index contributed by atoms with van der Waals surface area (Å²) in [6, 6.07) is 10.3. The topological polar surface area (TPSA) is 26.3 Å². The van der Waals surface area contributed by atoms with Crippen LogP contribution in [0.1, 0.15) is 117 Å². The highest BCUT2D eigenvalue weighted by Gasteiger charge is 2.59. The van der Waals surface area contributed by atoms with Crippen LogP contribution in [0.2, 0.25) is 0 Å². The first-order valence-corrected chi connectivity index (χ1v) is 16.1. The zero-order valence-electron chi connectivity index (χ0n) is 25.0. The standard InChI is InChI=1S/C36H54O2/c1-25(2)10-9-11-26(3)31-17-18-32-30-16-15-28-24-29(38-34(37)19-14-27-12-7-6-8-13-27)20-22-35(28,4)33(30)21-23-36(31,32)5/h6-8,12-13,15,25-26,29-33H,9-11,14,16-24H2,1-5H3/t26-,29+,30+,31-,32+,33+,35+,36-/m1/s1. The summed E-state index contributed by atoms with van der Waals surface area (Å²) in [5.41, 5.74) is 3.69. The van der Waals surface area contributed by atoms with E-state index >= 15 is 0 Å². The van der Waals surface area contributed by atoms with Crippen LogP contribution in [-0.4, -0.2) is 12.1 Å². The van der Waals surface area contributed by atoms with Gasteiger partial charge < -0.3 is 4.74 Å². The SMILES string of the molecule is CC(C)CCC[C@@H](C)[C@H]1CC[C@H]2[C@@H]3CC=C4C[C@@H](OC(=O)CCc5ccccc5)CC[C@]4(C)[C@H]3CC[C@]12C. The van der Waals surface area contributed by atoms with E-state index in [1.807, 2.05) is 18.2 Å². The van der Waals surface area contributed by atoms with Crippen molar-refractivity contribution in [3.63, 3.8) is 0 Å². The summed E-state index contributed by atoms with van der Waals surface area (Å²) in [6.45, 7) is 12.6. The van der Waals surface area contributed by atoms with Crippen LogP contribution >= 0.6 is 0 Å². The van der Waals surface area contributed by atoms with E-state index in [9.17, 15) is 4.79 Å². The fourth-order valence-corrected chi connectivity index (χ4v) is 9.89. The maximum absolute atomic E-state index is 12.7. The minimum atomic E-state index is -0.0234. The first-order valence-electron chi connectivity index (χ1n) is 16.1. The molecule has 0 amide bonds. The van der Waals surface area contributed by atoms with Crippen LogP contribution < -0.4 is 0 Å². The molecule has 2 heteroatoms. The Morgan fingerprint density at radius 3 is 2.53 bits per heavy atom. The summed E-state index contributed by atoms with van der Waals surface area (Å²) in [7, 11) is 0. The van der Waals surface area contributed by atoms with Gasteiger partial charge in [0, 0.05) is 12.8 Å². The largest absolute Gasteiger partial charge is 0.462 e. The van der Waals surface area contributed by atoms with Crippen molar-refractivity contribution in [3.8, 4) is 0 Å². The summed E-state index contributed by atoms with van der Waals surface area (Å²) in [6.07, 6.45) is 18.4. The molecule has 38 heavy (non-hydrogen) atoms. The van der Waals surface area contributed by atoms with Crippen molar-refractivity contribution >= 4 is 5.97 Å². The number of carbonyl (C=O) groups is 1. The lowest BCUT2D eigenvalue weighted by Crippen LogP contribution is -2.51. The number of rotatable bonds is 9. The Hall–Kier alpha value is -1.57. The van der Waals surface area contributed by atoms with Crippen molar-refractivity contribution in [2.45, 2.75) is 124 Å². The van der Waals surface area contributed by atoms with Gasteiger partial charge in [-0.3, -0.25) is 4.79 Å². The second-order valence-electron chi connectivity index (χ2n) is 14.6. The molecule has 3 fully saturated rings. The average molecular weight is 519 g/mol.